The normalized spacial score (nSPS) is 21.5. The van der Waals surface area contributed by atoms with Gasteiger partial charge in [0, 0.05) is 37.9 Å². The van der Waals surface area contributed by atoms with E-state index in [0.717, 1.165) is 29.3 Å². The van der Waals surface area contributed by atoms with Gasteiger partial charge in [0.05, 0.1) is 17.8 Å². The van der Waals surface area contributed by atoms with E-state index >= 15 is 0 Å². The summed E-state index contributed by atoms with van der Waals surface area (Å²) < 4.78 is 7.06. The number of carbonyl (C=O) groups excluding carboxylic acids is 1. The van der Waals surface area contributed by atoms with Crippen LogP contribution >= 0.6 is 0 Å². The van der Waals surface area contributed by atoms with Crippen molar-refractivity contribution in [3.8, 4) is 0 Å². The zero-order valence-corrected chi connectivity index (χ0v) is 15.2. The number of hydrogen-bond donors (Lipinski definition) is 2. The van der Waals surface area contributed by atoms with Gasteiger partial charge in [-0.2, -0.15) is 0 Å². The number of likely N-dealkylation sites (tertiary alicyclic amines) is 1. The summed E-state index contributed by atoms with van der Waals surface area (Å²) in [6, 6.07) is 3.49. The number of amides is 1. The number of β-amino-alcohol motifs (C(OH)–C–C–N with tert-alkyl or cyclic N) is 1. The minimum absolute atomic E-state index is 0.140. The molecule has 25 heavy (non-hydrogen) atoms. The van der Waals surface area contributed by atoms with Gasteiger partial charge in [-0.25, -0.2) is 0 Å². The van der Waals surface area contributed by atoms with Gasteiger partial charge in [0.2, 0.25) is 0 Å². The molecule has 0 aliphatic carbocycles. The monoisotopic (exact) mass is 346 g/mol. The van der Waals surface area contributed by atoms with Crippen molar-refractivity contribution in [2.45, 2.75) is 45.9 Å². The summed E-state index contributed by atoms with van der Waals surface area (Å²) >= 11 is 0. The Morgan fingerprint density at radius 2 is 2.16 bits per heavy atom. The fourth-order valence-corrected chi connectivity index (χ4v) is 3.34. The zero-order chi connectivity index (χ0) is 18.1. The van der Waals surface area contributed by atoms with Gasteiger partial charge in [-0.05, 0) is 39.3 Å². The Bertz CT molecular complexity index is 745. The van der Waals surface area contributed by atoms with Gasteiger partial charge in [0.25, 0.3) is 5.91 Å². The van der Waals surface area contributed by atoms with Crippen LogP contribution in [0.5, 0.6) is 0 Å². The van der Waals surface area contributed by atoms with Crippen LogP contribution in [0.25, 0.3) is 0 Å². The first-order valence-electron chi connectivity index (χ1n) is 8.62. The van der Waals surface area contributed by atoms with E-state index in [1.165, 1.54) is 0 Å². The molecule has 0 saturated carbocycles. The van der Waals surface area contributed by atoms with E-state index in [0.29, 0.717) is 25.2 Å². The first kappa shape index (κ1) is 17.7. The fourth-order valence-electron chi connectivity index (χ4n) is 3.34. The van der Waals surface area contributed by atoms with Crippen molar-refractivity contribution in [2.24, 2.45) is 7.05 Å². The lowest BCUT2D eigenvalue weighted by Gasteiger charge is -2.36. The van der Waals surface area contributed by atoms with Crippen molar-refractivity contribution in [3.63, 3.8) is 0 Å². The molecule has 2 aromatic heterocycles. The van der Waals surface area contributed by atoms with E-state index in [-0.39, 0.29) is 11.9 Å². The molecule has 3 heterocycles. The predicted molar refractivity (Wildman–Crippen MR) is 93.3 cm³/mol. The molecule has 0 radical (unpaired) electrons. The summed E-state index contributed by atoms with van der Waals surface area (Å²) in [5.74, 6) is 0.681. The quantitative estimate of drug-likeness (QED) is 0.872. The Balaban J connectivity index is 1.58. The lowest BCUT2D eigenvalue weighted by molar-refractivity contribution is 0.0345. The number of nitrogens with zero attached hydrogens (tertiary/aromatic N) is 3. The number of piperidine rings is 1. The zero-order valence-electron chi connectivity index (χ0n) is 15.2. The van der Waals surface area contributed by atoms with E-state index in [2.05, 4.69) is 15.4 Å². The van der Waals surface area contributed by atoms with Crippen molar-refractivity contribution in [2.75, 3.05) is 13.1 Å². The molecular weight excluding hydrogens is 320 g/mol. The number of nitrogens with one attached hydrogen (secondary N) is 1. The van der Waals surface area contributed by atoms with Gasteiger partial charge in [-0.15, -0.1) is 0 Å². The molecule has 3 rings (SSSR count). The fraction of sp³-hybridized carbons (Fsp3) is 0.556. The molecule has 136 valence electrons. The molecule has 2 aromatic rings. The van der Waals surface area contributed by atoms with Gasteiger partial charge >= 0.3 is 0 Å². The second kappa shape index (κ2) is 7.01. The highest BCUT2D eigenvalue weighted by atomic mass is 16.5. The van der Waals surface area contributed by atoms with Crippen LogP contribution in [0.15, 0.2) is 16.7 Å². The van der Waals surface area contributed by atoms with E-state index in [1.54, 1.807) is 0 Å². The topological polar surface area (TPSA) is 83.5 Å². The summed E-state index contributed by atoms with van der Waals surface area (Å²) in [6.07, 6.45) is 0.110. The van der Waals surface area contributed by atoms with Crippen LogP contribution in [-0.4, -0.2) is 50.9 Å². The third-order valence-electron chi connectivity index (χ3n) is 5.15. The van der Waals surface area contributed by atoms with Gasteiger partial charge in [0.15, 0.2) is 0 Å². The van der Waals surface area contributed by atoms with Crippen molar-refractivity contribution in [1.82, 2.24) is 19.9 Å². The van der Waals surface area contributed by atoms with Crippen LogP contribution in [-0.2, 0) is 13.6 Å². The maximum Gasteiger partial charge on any atom is 0.268 e. The second-order valence-electron chi connectivity index (χ2n) is 6.89. The van der Waals surface area contributed by atoms with Crippen molar-refractivity contribution >= 4 is 5.91 Å². The summed E-state index contributed by atoms with van der Waals surface area (Å²) in [4.78, 5) is 14.6. The molecule has 2 N–H and O–H groups in total. The first-order valence-corrected chi connectivity index (χ1v) is 8.62. The summed E-state index contributed by atoms with van der Waals surface area (Å²) in [6.45, 7) is 7.81. The van der Waals surface area contributed by atoms with E-state index in [4.69, 9.17) is 4.52 Å². The highest BCUT2D eigenvalue weighted by molar-refractivity contribution is 5.93. The SMILES string of the molecule is Cc1noc(C)c1CN1CC[C@@H](NC(=O)c2ccc(C)n2C)[C@H](O)C1. The predicted octanol–water partition coefficient (Wildman–Crippen LogP) is 1.30. The van der Waals surface area contributed by atoms with E-state index < -0.39 is 6.10 Å². The molecular formula is C18H26N4O3. The Morgan fingerprint density at radius 3 is 2.72 bits per heavy atom. The number of aliphatic hydroxyl groups excluding tert-OH is 1. The van der Waals surface area contributed by atoms with Crippen LogP contribution < -0.4 is 5.32 Å². The van der Waals surface area contributed by atoms with Crippen LogP contribution in [0.4, 0.5) is 0 Å². The molecule has 7 heteroatoms. The Kier molecular flexibility index (Phi) is 4.96. The number of aryl methyl sites for hydroxylation is 3. The summed E-state index contributed by atoms with van der Waals surface area (Å²) in [5, 5.41) is 17.4. The Morgan fingerprint density at radius 1 is 1.40 bits per heavy atom. The summed E-state index contributed by atoms with van der Waals surface area (Å²) in [5.41, 5.74) is 3.61. The number of aliphatic hydroxyl groups is 1. The molecule has 1 amide bonds. The van der Waals surface area contributed by atoms with Crippen LogP contribution in [0.3, 0.4) is 0 Å². The van der Waals surface area contributed by atoms with E-state index in [1.807, 2.05) is 44.5 Å². The molecule has 7 nitrogen and oxygen atoms in total. The Labute approximate surface area is 147 Å². The highest BCUT2D eigenvalue weighted by Crippen LogP contribution is 2.19. The standard InChI is InChI=1S/C18H26N4O3/c1-11-5-6-16(21(11)4)18(24)19-15-7-8-22(10-17(15)23)9-14-12(2)20-25-13(14)3/h5-6,15,17,23H,7-10H2,1-4H3,(H,19,24)/t15-,17-/m1/s1. The van der Waals surface area contributed by atoms with Gasteiger partial charge in [-0.1, -0.05) is 5.16 Å². The molecule has 1 aliphatic heterocycles. The third-order valence-corrected chi connectivity index (χ3v) is 5.15. The average molecular weight is 346 g/mol. The lowest BCUT2D eigenvalue weighted by atomic mass is 10.0. The van der Waals surface area contributed by atoms with Gasteiger partial charge in [0.1, 0.15) is 11.5 Å². The number of hydrogen-bond acceptors (Lipinski definition) is 5. The van der Waals surface area contributed by atoms with Crippen LogP contribution in [0.2, 0.25) is 0 Å². The average Bonchev–Trinajstić information content (AvgIpc) is 3.07. The van der Waals surface area contributed by atoms with Crippen LogP contribution in [0.1, 0.15) is 39.6 Å². The first-order chi connectivity index (χ1) is 11.9. The molecule has 1 fully saturated rings. The third kappa shape index (κ3) is 3.62. The molecule has 2 atom stereocenters. The maximum atomic E-state index is 12.4. The van der Waals surface area contributed by atoms with Crippen molar-refractivity contribution in [3.05, 3.63) is 40.5 Å². The van der Waals surface area contributed by atoms with Gasteiger partial charge < -0.3 is 19.5 Å². The smallest absolute Gasteiger partial charge is 0.268 e. The molecule has 0 bridgehead atoms. The molecule has 0 unspecified atom stereocenters. The van der Waals surface area contributed by atoms with Gasteiger partial charge in [-0.3, -0.25) is 9.69 Å². The largest absolute Gasteiger partial charge is 0.390 e. The molecule has 1 aliphatic rings. The summed E-state index contributed by atoms with van der Waals surface area (Å²) in [7, 11) is 1.87. The van der Waals surface area contributed by atoms with Crippen molar-refractivity contribution < 1.29 is 14.4 Å². The number of rotatable bonds is 4. The maximum absolute atomic E-state index is 12.4. The Hall–Kier alpha value is -2.12. The molecule has 0 spiro atoms. The second-order valence-corrected chi connectivity index (χ2v) is 6.89. The minimum Gasteiger partial charge on any atom is -0.390 e. The number of aromatic nitrogens is 2. The van der Waals surface area contributed by atoms with Crippen molar-refractivity contribution in [1.29, 1.82) is 0 Å². The van der Waals surface area contributed by atoms with Crippen LogP contribution in [0, 0.1) is 20.8 Å². The number of carbonyl (C=O) groups is 1. The highest BCUT2D eigenvalue weighted by Gasteiger charge is 2.30. The molecule has 1 saturated heterocycles. The molecule has 0 aromatic carbocycles. The van der Waals surface area contributed by atoms with E-state index in [9.17, 15) is 9.90 Å². The lowest BCUT2D eigenvalue weighted by Crippen LogP contribution is -2.54. The minimum atomic E-state index is -0.598.